The van der Waals surface area contributed by atoms with Crippen molar-refractivity contribution in [1.82, 2.24) is 20.2 Å². The van der Waals surface area contributed by atoms with Gasteiger partial charge < -0.3 is 15.4 Å². The van der Waals surface area contributed by atoms with Crippen molar-refractivity contribution in [3.8, 4) is 0 Å². The van der Waals surface area contributed by atoms with Crippen LogP contribution in [0.3, 0.4) is 0 Å². The van der Waals surface area contributed by atoms with Crippen LogP contribution in [0, 0.1) is 6.92 Å². The molecule has 1 aromatic rings. The van der Waals surface area contributed by atoms with Crippen molar-refractivity contribution in [2.75, 3.05) is 18.8 Å². The molecule has 10 heteroatoms. The number of H-pyrrole nitrogens is 1. The Bertz CT molecular complexity index is 655. The Kier molecular flexibility index (Phi) is 4.26. The quantitative estimate of drug-likeness (QED) is 0.376. The second-order valence-corrected chi connectivity index (χ2v) is 5.29. The number of aromatic nitrogens is 2. The Morgan fingerprint density at radius 1 is 1.43 bits per heavy atom. The van der Waals surface area contributed by atoms with Gasteiger partial charge in [0.1, 0.15) is 10.6 Å². The molecule has 9 nitrogen and oxygen atoms in total. The van der Waals surface area contributed by atoms with Gasteiger partial charge in [0.25, 0.3) is 0 Å². The number of nitrogens with one attached hydrogen (secondary N) is 2. The lowest BCUT2D eigenvalue weighted by Crippen LogP contribution is -2.33. The summed E-state index contributed by atoms with van der Waals surface area (Å²) in [6, 6.07) is -0.478. The zero-order valence-corrected chi connectivity index (χ0v) is 11.8. The van der Waals surface area contributed by atoms with E-state index in [1.54, 1.807) is 0 Å². The van der Waals surface area contributed by atoms with E-state index in [1.165, 1.54) is 6.92 Å². The second kappa shape index (κ2) is 5.95. The molecule has 0 atom stereocenters. The molecule has 21 heavy (non-hydrogen) atoms. The number of nitrogens with zero attached hydrogens (tertiary/aromatic N) is 2. The molecule has 1 aliphatic rings. The number of urea groups is 1. The van der Waals surface area contributed by atoms with E-state index in [0.717, 1.165) is 16.7 Å². The topological polar surface area (TPSA) is 132 Å². The summed E-state index contributed by atoms with van der Waals surface area (Å²) in [5.74, 6) is -1.29. The Balaban J connectivity index is 2.10. The van der Waals surface area contributed by atoms with Crippen LogP contribution < -0.4 is 11.0 Å². The number of aryl methyl sites for hydroxylation is 1. The molecule has 2 heterocycles. The van der Waals surface area contributed by atoms with Crippen LogP contribution in [0.1, 0.15) is 16.1 Å². The van der Waals surface area contributed by atoms with E-state index in [1.807, 2.05) is 0 Å². The molecular formula is C11H12N4O5S. The van der Waals surface area contributed by atoms with Gasteiger partial charge in [-0.25, -0.2) is 14.4 Å². The van der Waals surface area contributed by atoms with Crippen LogP contribution >= 0.6 is 11.8 Å². The third-order valence-electron chi connectivity index (χ3n) is 2.79. The summed E-state index contributed by atoms with van der Waals surface area (Å²) in [5.41, 5.74) is -0.521. The van der Waals surface area contributed by atoms with E-state index >= 15 is 0 Å². The van der Waals surface area contributed by atoms with Gasteiger partial charge in [-0.05, 0) is 6.92 Å². The van der Waals surface area contributed by atoms with E-state index in [4.69, 9.17) is 5.11 Å². The minimum Gasteiger partial charge on any atom is -0.478 e. The Hall–Kier alpha value is -2.36. The maximum Gasteiger partial charge on any atom is 0.346 e. The number of aromatic carboxylic acids is 1. The van der Waals surface area contributed by atoms with Gasteiger partial charge in [0.2, 0.25) is 5.91 Å². The molecule has 0 spiro atoms. The Morgan fingerprint density at radius 3 is 2.71 bits per heavy atom. The molecule has 0 bridgehead atoms. The van der Waals surface area contributed by atoms with Crippen LogP contribution in [-0.4, -0.2) is 56.7 Å². The number of thioether (sulfide) groups is 1. The molecule has 0 aromatic carbocycles. The van der Waals surface area contributed by atoms with Gasteiger partial charge in [0, 0.05) is 18.0 Å². The number of carbonyl (C=O) groups excluding carboxylic acids is 2. The van der Waals surface area contributed by atoms with E-state index in [9.17, 15) is 19.2 Å². The highest BCUT2D eigenvalue weighted by Gasteiger charge is 2.28. The first-order valence-electron chi connectivity index (χ1n) is 5.95. The summed E-state index contributed by atoms with van der Waals surface area (Å²) in [6.07, 6.45) is 0. The lowest BCUT2D eigenvalue weighted by atomic mass is 10.2. The second-order valence-electron chi connectivity index (χ2n) is 4.20. The predicted octanol–water partition coefficient (Wildman–Crippen LogP) is -0.580. The number of amides is 3. The number of imide groups is 1. The van der Waals surface area contributed by atoms with Crippen LogP contribution in [0.5, 0.6) is 0 Å². The van der Waals surface area contributed by atoms with Gasteiger partial charge in [0.05, 0.1) is 6.54 Å². The molecule has 1 fully saturated rings. The van der Waals surface area contributed by atoms with Crippen LogP contribution in [0.2, 0.25) is 0 Å². The van der Waals surface area contributed by atoms with Crippen LogP contribution in [0.4, 0.5) is 4.79 Å². The maximum absolute atomic E-state index is 11.4. The third-order valence-corrected chi connectivity index (χ3v) is 3.75. The molecule has 0 unspecified atom stereocenters. The molecule has 1 aliphatic heterocycles. The fourth-order valence-corrected chi connectivity index (χ4v) is 2.83. The number of aromatic amines is 1. The normalized spacial score (nSPS) is 14.4. The Morgan fingerprint density at radius 2 is 2.14 bits per heavy atom. The molecule has 0 aliphatic carbocycles. The van der Waals surface area contributed by atoms with Crippen LogP contribution in [0.15, 0.2) is 9.82 Å². The molecular weight excluding hydrogens is 300 g/mol. The number of carbonyl (C=O) groups is 3. The highest BCUT2D eigenvalue weighted by atomic mass is 32.2. The molecule has 3 amide bonds. The van der Waals surface area contributed by atoms with Crippen molar-refractivity contribution in [2.45, 2.75) is 11.9 Å². The molecule has 1 saturated heterocycles. The monoisotopic (exact) mass is 312 g/mol. The smallest absolute Gasteiger partial charge is 0.346 e. The van der Waals surface area contributed by atoms with Crippen molar-refractivity contribution in [3.05, 3.63) is 21.7 Å². The van der Waals surface area contributed by atoms with Gasteiger partial charge in [-0.1, -0.05) is 0 Å². The van der Waals surface area contributed by atoms with Gasteiger partial charge >= 0.3 is 17.7 Å². The van der Waals surface area contributed by atoms with Crippen molar-refractivity contribution >= 4 is 29.7 Å². The van der Waals surface area contributed by atoms with E-state index in [-0.39, 0.29) is 41.0 Å². The predicted molar refractivity (Wildman–Crippen MR) is 72.4 cm³/mol. The summed E-state index contributed by atoms with van der Waals surface area (Å²) < 4.78 is 0. The lowest BCUT2D eigenvalue weighted by Gasteiger charge is -2.12. The van der Waals surface area contributed by atoms with Crippen molar-refractivity contribution in [2.24, 2.45) is 0 Å². The van der Waals surface area contributed by atoms with E-state index < -0.39 is 17.7 Å². The average Bonchev–Trinajstić information content (AvgIpc) is 2.69. The zero-order valence-electron chi connectivity index (χ0n) is 11.0. The molecule has 1 aromatic heterocycles. The van der Waals surface area contributed by atoms with Crippen molar-refractivity contribution in [3.63, 3.8) is 0 Å². The van der Waals surface area contributed by atoms with Crippen molar-refractivity contribution in [1.29, 1.82) is 0 Å². The van der Waals surface area contributed by atoms with Gasteiger partial charge in [-0.15, -0.1) is 11.8 Å². The summed E-state index contributed by atoms with van der Waals surface area (Å²) in [6.45, 7) is 1.54. The molecule has 0 radical (unpaired) electrons. The van der Waals surface area contributed by atoms with Gasteiger partial charge in [-0.2, -0.15) is 4.98 Å². The SMILES string of the molecule is Cc1[nH]c(=O)nc(SCCN2C(=O)CNC2=O)c1C(=O)O. The number of rotatable bonds is 5. The third kappa shape index (κ3) is 3.21. The zero-order chi connectivity index (χ0) is 15.6. The lowest BCUT2D eigenvalue weighted by molar-refractivity contribution is -0.124. The van der Waals surface area contributed by atoms with E-state index in [0.29, 0.717) is 0 Å². The number of hydrogen-bond donors (Lipinski definition) is 3. The largest absolute Gasteiger partial charge is 0.478 e. The molecule has 3 N–H and O–H groups in total. The van der Waals surface area contributed by atoms with E-state index in [2.05, 4.69) is 15.3 Å². The minimum absolute atomic E-state index is 0.0355. The maximum atomic E-state index is 11.4. The Labute approximate surface area is 122 Å². The fraction of sp³-hybridized carbons (Fsp3) is 0.364. The number of carboxylic acid groups (broad SMARTS) is 1. The first-order valence-corrected chi connectivity index (χ1v) is 6.94. The number of hydrogen-bond acceptors (Lipinski definition) is 6. The van der Waals surface area contributed by atoms with Crippen LogP contribution in [0.25, 0.3) is 0 Å². The van der Waals surface area contributed by atoms with Crippen molar-refractivity contribution < 1.29 is 19.5 Å². The summed E-state index contributed by atoms with van der Waals surface area (Å²) in [5, 5.41) is 11.6. The first-order chi connectivity index (χ1) is 9.90. The first kappa shape index (κ1) is 15.0. The molecule has 112 valence electrons. The summed E-state index contributed by atoms with van der Waals surface area (Å²) in [7, 11) is 0. The fourth-order valence-electron chi connectivity index (χ4n) is 1.83. The van der Waals surface area contributed by atoms with Gasteiger partial charge in [-0.3, -0.25) is 9.69 Å². The van der Waals surface area contributed by atoms with Gasteiger partial charge in [0.15, 0.2) is 0 Å². The summed E-state index contributed by atoms with van der Waals surface area (Å²) >= 11 is 1.01. The van der Waals surface area contributed by atoms with Crippen LogP contribution in [-0.2, 0) is 4.79 Å². The minimum atomic E-state index is -1.20. The average molecular weight is 312 g/mol. The molecule has 2 rings (SSSR count). The highest BCUT2D eigenvalue weighted by molar-refractivity contribution is 7.99. The number of carboxylic acids is 1. The standard InChI is InChI=1S/C11H12N4O5S/c1-5-7(9(17)18)8(14-10(19)13-5)21-3-2-15-6(16)4-12-11(15)20/h2-4H2,1H3,(H,12,20)(H,17,18)(H,13,14,19). The highest BCUT2D eigenvalue weighted by Crippen LogP contribution is 2.21. The molecule has 0 saturated carbocycles. The summed E-state index contributed by atoms with van der Waals surface area (Å²) in [4.78, 5) is 52.2.